The van der Waals surface area contributed by atoms with Crippen LogP contribution in [0.1, 0.15) is 30.4 Å². The largest absolute Gasteiger partial charge is 0.354 e. The first kappa shape index (κ1) is 16.7. The highest BCUT2D eigenvalue weighted by molar-refractivity contribution is 7.12. The van der Waals surface area contributed by atoms with Gasteiger partial charge in [-0.05, 0) is 29.8 Å². The van der Waals surface area contributed by atoms with Crippen molar-refractivity contribution >= 4 is 23.2 Å². The van der Waals surface area contributed by atoms with Crippen molar-refractivity contribution in [2.24, 2.45) is 17.6 Å². The van der Waals surface area contributed by atoms with Gasteiger partial charge < -0.3 is 16.4 Å². The molecule has 4 N–H and O–H groups in total. The standard InChI is InChI=1S/C14H23N3O2S/c1-9(2)12(14(19)16-8-10(3)7-15)17-13(18)11-5-4-6-20-11/h4-6,9-10,12H,7-8,15H2,1-3H3,(H,16,19)(H,17,18). The summed E-state index contributed by atoms with van der Waals surface area (Å²) in [5, 5.41) is 7.46. The van der Waals surface area contributed by atoms with Crippen molar-refractivity contribution in [2.45, 2.75) is 26.8 Å². The number of carbonyl (C=O) groups excluding carboxylic acids is 2. The third kappa shape index (κ3) is 4.94. The lowest BCUT2D eigenvalue weighted by Gasteiger charge is -2.22. The van der Waals surface area contributed by atoms with E-state index in [1.807, 2.05) is 32.2 Å². The van der Waals surface area contributed by atoms with Crippen LogP contribution in [0.15, 0.2) is 17.5 Å². The molecule has 0 spiro atoms. The van der Waals surface area contributed by atoms with Crippen LogP contribution in [0.3, 0.4) is 0 Å². The lowest BCUT2D eigenvalue weighted by Crippen LogP contribution is -2.50. The maximum absolute atomic E-state index is 12.1. The molecule has 112 valence electrons. The normalized spacial score (nSPS) is 13.8. The molecular weight excluding hydrogens is 274 g/mol. The minimum atomic E-state index is -0.533. The average molecular weight is 297 g/mol. The van der Waals surface area contributed by atoms with Crippen LogP contribution in [0.2, 0.25) is 0 Å². The summed E-state index contributed by atoms with van der Waals surface area (Å²) >= 11 is 1.36. The Hall–Kier alpha value is -1.40. The number of amides is 2. The zero-order chi connectivity index (χ0) is 15.1. The lowest BCUT2D eigenvalue weighted by atomic mass is 10.0. The van der Waals surface area contributed by atoms with Gasteiger partial charge in [-0.1, -0.05) is 26.8 Å². The van der Waals surface area contributed by atoms with Gasteiger partial charge in [-0.25, -0.2) is 0 Å². The topological polar surface area (TPSA) is 84.2 Å². The van der Waals surface area contributed by atoms with Crippen LogP contribution >= 0.6 is 11.3 Å². The zero-order valence-corrected chi connectivity index (χ0v) is 13.0. The lowest BCUT2D eigenvalue weighted by molar-refractivity contribution is -0.124. The molecule has 6 heteroatoms. The predicted molar refractivity (Wildman–Crippen MR) is 81.6 cm³/mol. The minimum Gasteiger partial charge on any atom is -0.354 e. The average Bonchev–Trinajstić information content (AvgIpc) is 2.95. The predicted octanol–water partition coefficient (Wildman–Crippen LogP) is 1.21. The number of hydrogen-bond acceptors (Lipinski definition) is 4. The molecule has 0 saturated heterocycles. The number of carbonyl (C=O) groups is 2. The first-order chi connectivity index (χ1) is 9.45. The van der Waals surface area contributed by atoms with E-state index >= 15 is 0 Å². The van der Waals surface area contributed by atoms with E-state index in [0.717, 1.165) is 0 Å². The summed E-state index contributed by atoms with van der Waals surface area (Å²) in [6.45, 7) is 6.83. The molecule has 5 nitrogen and oxygen atoms in total. The first-order valence-electron chi connectivity index (χ1n) is 6.77. The van der Waals surface area contributed by atoms with Crippen molar-refractivity contribution in [1.29, 1.82) is 0 Å². The van der Waals surface area contributed by atoms with E-state index < -0.39 is 6.04 Å². The number of nitrogens with two attached hydrogens (primary N) is 1. The number of thiophene rings is 1. The monoisotopic (exact) mass is 297 g/mol. The van der Waals surface area contributed by atoms with Gasteiger partial charge in [-0.15, -0.1) is 11.3 Å². The molecule has 1 heterocycles. The second kappa shape index (κ2) is 8.01. The Kier molecular flexibility index (Phi) is 6.67. The van der Waals surface area contributed by atoms with Gasteiger partial charge >= 0.3 is 0 Å². The van der Waals surface area contributed by atoms with E-state index in [-0.39, 0.29) is 23.7 Å². The van der Waals surface area contributed by atoms with Gasteiger partial charge in [0.1, 0.15) is 6.04 Å². The molecule has 1 aromatic heterocycles. The summed E-state index contributed by atoms with van der Waals surface area (Å²) in [6.07, 6.45) is 0. The molecule has 0 aromatic carbocycles. The summed E-state index contributed by atoms with van der Waals surface area (Å²) in [5.74, 6) is -0.127. The molecule has 2 atom stereocenters. The fourth-order valence-electron chi connectivity index (χ4n) is 1.62. The maximum Gasteiger partial charge on any atom is 0.262 e. The molecule has 2 unspecified atom stereocenters. The Balaban J connectivity index is 2.60. The maximum atomic E-state index is 12.1. The van der Waals surface area contributed by atoms with Gasteiger partial charge in [0, 0.05) is 6.54 Å². The fraction of sp³-hybridized carbons (Fsp3) is 0.571. The molecular formula is C14H23N3O2S. The van der Waals surface area contributed by atoms with Gasteiger partial charge in [0.2, 0.25) is 5.91 Å². The van der Waals surface area contributed by atoms with Crippen molar-refractivity contribution in [3.05, 3.63) is 22.4 Å². The summed E-state index contributed by atoms with van der Waals surface area (Å²) in [4.78, 5) is 24.8. The first-order valence-corrected chi connectivity index (χ1v) is 7.65. The zero-order valence-electron chi connectivity index (χ0n) is 12.2. The molecule has 0 aliphatic carbocycles. The minimum absolute atomic E-state index is 0.0205. The number of hydrogen-bond donors (Lipinski definition) is 3. The van der Waals surface area contributed by atoms with Crippen LogP contribution in [-0.4, -0.2) is 30.9 Å². The third-order valence-corrected chi connectivity index (χ3v) is 3.88. The van der Waals surface area contributed by atoms with Gasteiger partial charge in [0.25, 0.3) is 5.91 Å². The Bertz CT molecular complexity index is 432. The van der Waals surface area contributed by atoms with Crippen LogP contribution in [0.4, 0.5) is 0 Å². The highest BCUT2D eigenvalue weighted by Gasteiger charge is 2.24. The van der Waals surface area contributed by atoms with Crippen molar-refractivity contribution in [1.82, 2.24) is 10.6 Å². The molecule has 0 bridgehead atoms. The molecule has 0 aliphatic rings. The SMILES string of the molecule is CC(CN)CNC(=O)C(NC(=O)c1cccs1)C(C)C. The van der Waals surface area contributed by atoms with Crippen LogP contribution < -0.4 is 16.4 Å². The molecule has 0 saturated carbocycles. The van der Waals surface area contributed by atoms with Crippen LogP contribution in [-0.2, 0) is 4.79 Å². The highest BCUT2D eigenvalue weighted by atomic mass is 32.1. The van der Waals surface area contributed by atoms with E-state index in [2.05, 4.69) is 10.6 Å². The molecule has 1 rings (SSSR count). The summed E-state index contributed by atoms with van der Waals surface area (Å²) in [6, 6.07) is 3.02. The van der Waals surface area contributed by atoms with Crippen molar-refractivity contribution < 1.29 is 9.59 Å². The Labute approximate surface area is 123 Å². The van der Waals surface area contributed by atoms with Crippen molar-refractivity contribution in [3.63, 3.8) is 0 Å². The molecule has 0 fully saturated rings. The summed E-state index contributed by atoms with van der Waals surface area (Å²) in [7, 11) is 0. The molecule has 0 aliphatic heterocycles. The molecule has 2 amide bonds. The second-order valence-corrected chi connectivity index (χ2v) is 6.21. The van der Waals surface area contributed by atoms with Crippen molar-refractivity contribution in [3.8, 4) is 0 Å². The number of nitrogens with one attached hydrogen (secondary N) is 2. The Morgan fingerprint density at radius 1 is 1.35 bits per heavy atom. The fourth-order valence-corrected chi connectivity index (χ4v) is 2.25. The van der Waals surface area contributed by atoms with Crippen LogP contribution in [0, 0.1) is 11.8 Å². The van der Waals surface area contributed by atoms with E-state index in [0.29, 0.717) is 18.0 Å². The quantitative estimate of drug-likeness (QED) is 0.707. The Morgan fingerprint density at radius 2 is 2.05 bits per heavy atom. The summed E-state index contributed by atoms with van der Waals surface area (Å²) < 4.78 is 0. The van der Waals surface area contributed by atoms with Gasteiger partial charge in [0.15, 0.2) is 0 Å². The smallest absolute Gasteiger partial charge is 0.262 e. The molecule has 0 radical (unpaired) electrons. The van der Waals surface area contributed by atoms with Gasteiger partial charge in [0.05, 0.1) is 4.88 Å². The third-order valence-electron chi connectivity index (χ3n) is 3.01. The highest BCUT2D eigenvalue weighted by Crippen LogP contribution is 2.10. The van der Waals surface area contributed by atoms with Gasteiger partial charge in [-0.2, -0.15) is 0 Å². The second-order valence-electron chi connectivity index (χ2n) is 5.26. The van der Waals surface area contributed by atoms with E-state index in [4.69, 9.17) is 5.73 Å². The van der Waals surface area contributed by atoms with E-state index in [1.54, 1.807) is 6.07 Å². The van der Waals surface area contributed by atoms with E-state index in [1.165, 1.54) is 11.3 Å². The van der Waals surface area contributed by atoms with Gasteiger partial charge in [-0.3, -0.25) is 9.59 Å². The Morgan fingerprint density at radius 3 is 2.55 bits per heavy atom. The summed E-state index contributed by atoms with van der Waals surface area (Å²) in [5.41, 5.74) is 5.52. The molecule has 1 aromatic rings. The van der Waals surface area contributed by atoms with Crippen LogP contribution in [0.5, 0.6) is 0 Å². The number of rotatable bonds is 7. The molecule has 20 heavy (non-hydrogen) atoms. The van der Waals surface area contributed by atoms with E-state index in [9.17, 15) is 9.59 Å². The van der Waals surface area contributed by atoms with Crippen molar-refractivity contribution in [2.75, 3.05) is 13.1 Å². The van der Waals surface area contributed by atoms with Crippen LogP contribution in [0.25, 0.3) is 0 Å².